The predicted octanol–water partition coefficient (Wildman–Crippen LogP) is 4.73. The summed E-state index contributed by atoms with van der Waals surface area (Å²) < 4.78 is 35.1. The first-order chi connectivity index (χ1) is 16.5. The van der Waals surface area contributed by atoms with Gasteiger partial charge < -0.3 is 15.0 Å². The molecule has 0 aliphatic carbocycles. The lowest BCUT2D eigenvalue weighted by molar-refractivity contribution is -0.117. The maximum atomic E-state index is 13.5. The number of anilines is 2. The standard InChI is InChI=1S/C25H30N4O4S2/c1-25(2,3)28-35(31,32)22-14-17(29-12-6-7-23(29)30)9-10-18(22)21-15-27-24(34-21)16-8-11-19(26-4)20(13-16)33-5/h8-11,13-15,26,28H,6-7,12H2,1-5H3. The largest absolute Gasteiger partial charge is 0.495 e. The number of methoxy groups -OCH3 is 1. The molecule has 1 aliphatic rings. The molecule has 4 rings (SSSR count). The number of carbonyl (C=O) groups is 1. The van der Waals surface area contributed by atoms with E-state index in [1.54, 1.807) is 57.2 Å². The molecule has 10 heteroatoms. The van der Waals surface area contributed by atoms with E-state index >= 15 is 0 Å². The Hall–Kier alpha value is -2.95. The van der Waals surface area contributed by atoms with Crippen molar-refractivity contribution in [1.29, 1.82) is 0 Å². The molecule has 0 atom stereocenters. The average Bonchev–Trinajstić information content (AvgIpc) is 3.46. The van der Waals surface area contributed by atoms with Crippen molar-refractivity contribution in [2.24, 2.45) is 0 Å². The average molecular weight is 515 g/mol. The minimum absolute atomic E-state index is 0.00363. The van der Waals surface area contributed by atoms with E-state index in [-0.39, 0.29) is 10.8 Å². The van der Waals surface area contributed by atoms with E-state index < -0.39 is 15.6 Å². The molecule has 1 amide bonds. The van der Waals surface area contributed by atoms with Gasteiger partial charge in [-0.05, 0) is 57.5 Å². The number of nitrogens with zero attached hydrogens (tertiary/aromatic N) is 2. The fourth-order valence-electron chi connectivity index (χ4n) is 4.05. The highest BCUT2D eigenvalue weighted by molar-refractivity contribution is 7.89. The van der Waals surface area contributed by atoms with Crippen molar-refractivity contribution in [3.8, 4) is 26.8 Å². The van der Waals surface area contributed by atoms with E-state index in [1.807, 2.05) is 25.2 Å². The van der Waals surface area contributed by atoms with E-state index in [0.717, 1.165) is 22.7 Å². The molecule has 1 aromatic heterocycles. The highest BCUT2D eigenvalue weighted by atomic mass is 32.2. The normalized spacial score (nSPS) is 14.4. The fraction of sp³-hybridized carbons (Fsp3) is 0.360. The second-order valence-electron chi connectivity index (χ2n) is 9.38. The minimum atomic E-state index is -3.88. The van der Waals surface area contributed by atoms with Crippen molar-refractivity contribution in [2.45, 2.75) is 44.0 Å². The second kappa shape index (κ2) is 9.60. The maximum absolute atomic E-state index is 13.5. The van der Waals surface area contributed by atoms with Crippen LogP contribution in [0.3, 0.4) is 0 Å². The highest BCUT2D eigenvalue weighted by Gasteiger charge is 2.29. The Morgan fingerprint density at radius 1 is 1.14 bits per heavy atom. The Kier molecular flexibility index (Phi) is 6.90. The number of sulfonamides is 1. The Labute approximate surface area is 210 Å². The number of ether oxygens (including phenoxy) is 1. The molecule has 2 heterocycles. The predicted molar refractivity (Wildman–Crippen MR) is 141 cm³/mol. The van der Waals surface area contributed by atoms with Crippen LogP contribution in [0.4, 0.5) is 11.4 Å². The van der Waals surface area contributed by atoms with Gasteiger partial charge in [-0.2, -0.15) is 0 Å². The van der Waals surface area contributed by atoms with Gasteiger partial charge in [-0.1, -0.05) is 6.07 Å². The SMILES string of the molecule is CNc1ccc(-c2ncc(-c3ccc(N4CCCC4=O)cc3S(=O)(=O)NC(C)(C)C)s2)cc1OC. The number of hydrogen-bond acceptors (Lipinski definition) is 7. The van der Waals surface area contributed by atoms with Crippen LogP contribution in [-0.4, -0.2) is 45.6 Å². The molecule has 2 N–H and O–H groups in total. The van der Waals surface area contributed by atoms with E-state index in [0.29, 0.717) is 34.8 Å². The number of hydrogen-bond donors (Lipinski definition) is 2. The first-order valence-corrected chi connectivity index (χ1v) is 13.6. The Bertz CT molecular complexity index is 1360. The van der Waals surface area contributed by atoms with Gasteiger partial charge in [-0.25, -0.2) is 18.1 Å². The topological polar surface area (TPSA) is 101 Å². The molecule has 35 heavy (non-hydrogen) atoms. The van der Waals surface area contributed by atoms with Crippen LogP contribution in [0.2, 0.25) is 0 Å². The van der Waals surface area contributed by atoms with Crippen molar-refractivity contribution >= 4 is 38.6 Å². The second-order valence-corrected chi connectivity index (χ2v) is 12.1. The van der Waals surface area contributed by atoms with Crippen LogP contribution in [0.25, 0.3) is 21.0 Å². The number of nitrogens with one attached hydrogen (secondary N) is 2. The van der Waals surface area contributed by atoms with Crippen LogP contribution in [0.5, 0.6) is 5.75 Å². The van der Waals surface area contributed by atoms with E-state index in [1.165, 1.54) is 11.3 Å². The van der Waals surface area contributed by atoms with Gasteiger partial charge in [0.15, 0.2) is 0 Å². The lowest BCUT2D eigenvalue weighted by Gasteiger charge is -2.23. The number of aromatic nitrogens is 1. The van der Waals surface area contributed by atoms with Crippen LogP contribution in [0.15, 0.2) is 47.5 Å². The molecule has 2 aromatic carbocycles. The summed E-state index contributed by atoms with van der Waals surface area (Å²) >= 11 is 1.40. The maximum Gasteiger partial charge on any atom is 0.241 e. The van der Waals surface area contributed by atoms with Crippen molar-refractivity contribution in [1.82, 2.24) is 9.71 Å². The lowest BCUT2D eigenvalue weighted by Crippen LogP contribution is -2.40. The van der Waals surface area contributed by atoms with Crippen molar-refractivity contribution in [3.63, 3.8) is 0 Å². The van der Waals surface area contributed by atoms with Crippen molar-refractivity contribution in [3.05, 3.63) is 42.6 Å². The third-order valence-corrected chi connectivity index (χ3v) is 8.45. The molecule has 1 fully saturated rings. The van der Waals surface area contributed by atoms with Gasteiger partial charge in [-0.3, -0.25) is 4.79 Å². The molecule has 0 bridgehead atoms. The summed E-state index contributed by atoms with van der Waals surface area (Å²) in [7, 11) is -0.443. The molecule has 0 spiro atoms. The molecular formula is C25H30N4O4S2. The number of amides is 1. The number of benzene rings is 2. The van der Waals surface area contributed by atoms with Crippen molar-refractivity contribution < 1.29 is 17.9 Å². The Balaban J connectivity index is 1.80. The van der Waals surface area contributed by atoms with Crippen LogP contribution in [0.1, 0.15) is 33.6 Å². The Morgan fingerprint density at radius 3 is 2.54 bits per heavy atom. The zero-order chi connectivity index (χ0) is 25.4. The van der Waals surface area contributed by atoms with Crippen LogP contribution in [-0.2, 0) is 14.8 Å². The summed E-state index contributed by atoms with van der Waals surface area (Å²) in [5, 5.41) is 3.83. The molecule has 8 nitrogen and oxygen atoms in total. The molecule has 1 aliphatic heterocycles. The first kappa shape index (κ1) is 25.2. The van der Waals surface area contributed by atoms with Crippen LogP contribution < -0.4 is 19.7 Å². The molecular weight excluding hydrogens is 484 g/mol. The quantitative estimate of drug-likeness (QED) is 0.473. The van der Waals surface area contributed by atoms with E-state index in [9.17, 15) is 13.2 Å². The van der Waals surface area contributed by atoms with E-state index in [4.69, 9.17) is 4.74 Å². The highest BCUT2D eigenvalue weighted by Crippen LogP contribution is 2.39. The third kappa shape index (κ3) is 5.34. The van der Waals surface area contributed by atoms with Crippen LogP contribution in [0, 0.1) is 0 Å². The summed E-state index contributed by atoms with van der Waals surface area (Å²) in [4.78, 5) is 19.4. The van der Waals surface area contributed by atoms with Gasteiger partial charge in [0.2, 0.25) is 15.9 Å². The summed E-state index contributed by atoms with van der Waals surface area (Å²) in [5.74, 6) is 0.697. The lowest BCUT2D eigenvalue weighted by atomic mass is 10.1. The molecule has 3 aromatic rings. The van der Waals surface area contributed by atoms with Gasteiger partial charge in [-0.15, -0.1) is 11.3 Å². The van der Waals surface area contributed by atoms with Gasteiger partial charge >= 0.3 is 0 Å². The summed E-state index contributed by atoms with van der Waals surface area (Å²) in [6.07, 6.45) is 2.92. The van der Waals surface area contributed by atoms with Gasteiger partial charge in [0.1, 0.15) is 10.8 Å². The third-order valence-electron chi connectivity index (χ3n) is 5.57. The Morgan fingerprint density at radius 2 is 1.91 bits per heavy atom. The number of thiazole rings is 1. The molecule has 0 unspecified atom stereocenters. The number of rotatable bonds is 7. The van der Waals surface area contributed by atoms with Crippen molar-refractivity contribution in [2.75, 3.05) is 30.9 Å². The first-order valence-electron chi connectivity index (χ1n) is 11.3. The van der Waals surface area contributed by atoms with Crippen LogP contribution >= 0.6 is 11.3 Å². The fourth-order valence-corrected chi connectivity index (χ4v) is 6.72. The molecule has 1 saturated heterocycles. The molecule has 0 radical (unpaired) electrons. The monoisotopic (exact) mass is 514 g/mol. The summed E-state index contributed by atoms with van der Waals surface area (Å²) in [5.41, 5.74) is 2.19. The zero-order valence-electron chi connectivity index (χ0n) is 20.5. The van der Waals surface area contributed by atoms with Gasteiger partial charge in [0.05, 0.1) is 22.6 Å². The molecule has 186 valence electrons. The summed E-state index contributed by atoms with van der Waals surface area (Å²) in [6, 6.07) is 10.9. The minimum Gasteiger partial charge on any atom is -0.495 e. The van der Waals surface area contributed by atoms with Gasteiger partial charge in [0.25, 0.3) is 0 Å². The smallest absolute Gasteiger partial charge is 0.241 e. The van der Waals surface area contributed by atoms with Gasteiger partial charge in [0, 0.05) is 48.6 Å². The van der Waals surface area contributed by atoms with E-state index in [2.05, 4.69) is 15.0 Å². The number of carbonyl (C=O) groups excluding carboxylic acids is 1. The molecule has 0 saturated carbocycles. The summed E-state index contributed by atoms with van der Waals surface area (Å²) in [6.45, 7) is 5.97. The zero-order valence-corrected chi connectivity index (χ0v) is 22.1.